The molecule has 4 nitrogen and oxygen atoms in total. The molecule has 0 spiro atoms. The smallest absolute Gasteiger partial charge is 0.349 e. The van der Waals surface area contributed by atoms with E-state index in [2.05, 4.69) is 4.74 Å². The standard InChI is InChI=1S/C10H9FO4/c1-6(12)15-9(10(13)14)7-4-2-3-5-8(7)11/h2-5,9H,1H3,(H,13,14). The summed E-state index contributed by atoms with van der Waals surface area (Å²) in [5, 5.41) is 8.76. The lowest BCUT2D eigenvalue weighted by Gasteiger charge is -2.13. The second-order valence-electron chi connectivity index (χ2n) is 2.85. The molecule has 0 amide bonds. The first kappa shape index (κ1) is 11.2. The minimum Gasteiger partial charge on any atom is -0.478 e. The van der Waals surface area contributed by atoms with Crippen LogP contribution in [0, 0.1) is 5.82 Å². The molecule has 1 unspecified atom stereocenters. The third-order valence-corrected chi connectivity index (χ3v) is 1.70. The Morgan fingerprint density at radius 2 is 2.00 bits per heavy atom. The van der Waals surface area contributed by atoms with Gasteiger partial charge >= 0.3 is 11.9 Å². The summed E-state index contributed by atoms with van der Waals surface area (Å²) in [6.45, 7) is 1.07. The highest BCUT2D eigenvalue weighted by molar-refractivity contribution is 5.78. The number of esters is 1. The van der Waals surface area contributed by atoms with Crippen molar-refractivity contribution in [1.29, 1.82) is 0 Å². The van der Waals surface area contributed by atoms with Gasteiger partial charge in [-0.15, -0.1) is 0 Å². The molecule has 1 aromatic rings. The van der Waals surface area contributed by atoms with Crippen LogP contribution < -0.4 is 0 Å². The Balaban J connectivity index is 3.04. The molecule has 80 valence electrons. The van der Waals surface area contributed by atoms with Crippen molar-refractivity contribution >= 4 is 11.9 Å². The molecule has 0 aliphatic heterocycles. The number of carbonyl (C=O) groups is 2. The van der Waals surface area contributed by atoms with Crippen LogP contribution in [-0.2, 0) is 14.3 Å². The highest BCUT2D eigenvalue weighted by atomic mass is 19.1. The Kier molecular flexibility index (Phi) is 3.38. The number of aliphatic carboxylic acids is 1. The van der Waals surface area contributed by atoms with E-state index in [-0.39, 0.29) is 5.56 Å². The molecule has 0 aromatic heterocycles. The summed E-state index contributed by atoms with van der Waals surface area (Å²) in [6, 6.07) is 5.26. The lowest BCUT2D eigenvalue weighted by molar-refractivity contribution is -0.163. The van der Waals surface area contributed by atoms with E-state index in [0.717, 1.165) is 13.0 Å². The number of carboxylic acid groups (broad SMARTS) is 1. The molecule has 0 aliphatic carbocycles. The number of rotatable bonds is 3. The highest BCUT2D eigenvalue weighted by Gasteiger charge is 2.25. The van der Waals surface area contributed by atoms with Crippen LogP contribution in [0.4, 0.5) is 4.39 Å². The third kappa shape index (κ3) is 2.77. The average molecular weight is 212 g/mol. The van der Waals surface area contributed by atoms with Gasteiger partial charge < -0.3 is 9.84 Å². The van der Waals surface area contributed by atoms with Gasteiger partial charge in [0, 0.05) is 12.5 Å². The van der Waals surface area contributed by atoms with Gasteiger partial charge in [0.15, 0.2) is 0 Å². The van der Waals surface area contributed by atoms with Gasteiger partial charge in [-0.05, 0) is 6.07 Å². The molecule has 0 bridgehead atoms. The fraction of sp³-hybridized carbons (Fsp3) is 0.200. The van der Waals surface area contributed by atoms with Crippen LogP contribution in [0.5, 0.6) is 0 Å². The zero-order chi connectivity index (χ0) is 11.4. The molecule has 5 heteroatoms. The second kappa shape index (κ2) is 4.54. The van der Waals surface area contributed by atoms with Gasteiger partial charge in [0.25, 0.3) is 0 Å². The molecule has 1 N–H and O–H groups in total. The Morgan fingerprint density at radius 1 is 1.40 bits per heavy atom. The van der Waals surface area contributed by atoms with Gasteiger partial charge in [0.1, 0.15) is 5.82 Å². The number of hydrogen-bond donors (Lipinski definition) is 1. The molecule has 1 aromatic carbocycles. The Bertz CT molecular complexity index is 389. The Morgan fingerprint density at radius 3 is 2.47 bits per heavy atom. The first-order valence-corrected chi connectivity index (χ1v) is 4.17. The maximum absolute atomic E-state index is 13.2. The van der Waals surface area contributed by atoms with Gasteiger partial charge in [0.05, 0.1) is 0 Å². The van der Waals surface area contributed by atoms with Crippen LogP contribution in [0.15, 0.2) is 24.3 Å². The van der Waals surface area contributed by atoms with Crippen molar-refractivity contribution in [3.8, 4) is 0 Å². The van der Waals surface area contributed by atoms with E-state index in [9.17, 15) is 14.0 Å². The molecular formula is C10H9FO4. The van der Waals surface area contributed by atoms with E-state index in [1.54, 1.807) is 0 Å². The van der Waals surface area contributed by atoms with Gasteiger partial charge in [0.2, 0.25) is 6.10 Å². The average Bonchev–Trinajstić information content (AvgIpc) is 2.15. The molecule has 0 saturated heterocycles. The van der Waals surface area contributed by atoms with E-state index in [0.29, 0.717) is 0 Å². The van der Waals surface area contributed by atoms with E-state index >= 15 is 0 Å². The summed E-state index contributed by atoms with van der Waals surface area (Å²) in [6.07, 6.45) is -1.59. The molecule has 0 radical (unpaired) electrons. The van der Waals surface area contributed by atoms with E-state index in [1.807, 2.05) is 0 Å². The second-order valence-corrected chi connectivity index (χ2v) is 2.85. The zero-order valence-electron chi connectivity index (χ0n) is 7.94. The molecule has 1 rings (SSSR count). The molecule has 15 heavy (non-hydrogen) atoms. The van der Waals surface area contributed by atoms with Crippen LogP contribution in [0.25, 0.3) is 0 Å². The number of carboxylic acids is 1. The molecule has 0 saturated carbocycles. The predicted molar refractivity (Wildman–Crippen MR) is 48.5 cm³/mol. The minimum absolute atomic E-state index is 0.166. The lowest BCUT2D eigenvalue weighted by atomic mass is 10.1. The Hall–Kier alpha value is -1.91. The number of hydrogen-bond acceptors (Lipinski definition) is 3. The summed E-state index contributed by atoms with van der Waals surface area (Å²) >= 11 is 0. The lowest BCUT2D eigenvalue weighted by Crippen LogP contribution is -2.18. The van der Waals surface area contributed by atoms with Crippen molar-refractivity contribution < 1.29 is 23.8 Å². The third-order valence-electron chi connectivity index (χ3n) is 1.70. The van der Waals surface area contributed by atoms with Gasteiger partial charge in [-0.1, -0.05) is 18.2 Å². The van der Waals surface area contributed by atoms with Crippen molar-refractivity contribution in [2.75, 3.05) is 0 Å². The summed E-state index contributed by atoms with van der Waals surface area (Å²) in [4.78, 5) is 21.4. The molecular weight excluding hydrogens is 203 g/mol. The summed E-state index contributed by atoms with van der Waals surface area (Å²) in [5.74, 6) is -2.90. The number of benzene rings is 1. The summed E-state index contributed by atoms with van der Waals surface area (Å²) in [5.41, 5.74) is -0.166. The Labute approximate surface area is 85.3 Å². The van der Waals surface area contributed by atoms with Gasteiger partial charge in [-0.25, -0.2) is 9.18 Å². The highest BCUT2D eigenvalue weighted by Crippen LogP contribution is 2.20. The monoisotopic (exact) mass is 212 g/mol. The van der Waals surface area contributed by atoms with Gasteiger partial charge in [-0.2, -0.15) is 0 Å². The normalized spacial score (nSPS) is 11.9. The quantitative estimate of drug-likeness (QED) is 0.771. The molecule has 0 aliphatic rings. The topological polar surface area (TPSA) is 63.6 Å². The van der Waals surface area contributed by atoms with Crippen molar-refractivity contribution in [2.24, 2.45) is 0 Å². The largest absolute Gasteiger partial charge is 0.478 e. The van der Waals surface area contributed by atoms with Crippen LogP contribution in [0.3, 0.4) is 0 Å². The van der Waals surface area contributed by atoms with Crippen molar-refractivity contribution in [1.82, 2.24) is 0 Å². The van der Waals surface area contributed by atoms with E-state index in [1.165, 1.54) is 18.2 Å². The van der Waals surface area contributed by atoms with E-state index < -0.39 is 23.9 Å². The fourth-order valence-electron chi connectivity index (χ4n) is 1.10. The van der Waals surface area contributed by atoms with Crippen molar-refractivity contribution in [3.63, 3.8) is 0 Å². The maximum Gasteiger partial charge on any atom is 0.349 e. The molecule has 0 heterocycles. The van der Waals surface area contributed by atoms with Crippen molar-refractivity contribution in [3.05, 3.63) is 35.6 Å². The summed E-state index contributed by atoms with van der Waals surface area (Å²) in [7, 11) is 0. The molecule has 0 fully saturated rings. The van der Waals surface area contributed by atoms with Gasteiger partial charge in [-0.3, -0.25) is 4.79 Å². The predicted octanol–water partition coefficient (Wildman–Crippen LogP) is 1.51. The summed E-state index contributed by atoms with van der Waals surface area (Å²) < 4.78 is 17.7. The number of halogens is 1. The zero-order valence-corrected chi connectivity index (χ0v) is 7.94. The van der Waals surface area contributed by atoms with Crippen molar-refractivity contribution in [2.45, 2.75) is 13.0 Å². The number of carbonyl (C=O) groups excluding carboxylic acids is 1. The molecule has 1 atom stereocenters. The van der Waals surface area contributed by atoms with Crippen LogP contribution >= 0.6 is 0 Å². The van der Waals surface area contributed by atoms with Crippen LogP contribution in [0.1, 0.15) is 18.6 Å². The first-order valence-electron chi connectivity index (χ1n) is 4.17. The number of ether oxygens (including phenoxy) is 1. The van der Waals surface area contributed by atoms with E-state index in [4.69, 9.17) is 5.11 Å². The first-order chi connectivity index (χ1) is 7.02. The minimum atomic E-state index is -1.59. The van der Waals surface area contributed by atoms with Crippen LogP contribution in [0.2, 0.25) is 0 Å². The fourth-order valence-corrected chi connectivity index (χ4v) is 1.10. The SMILES string of the molecule is CC(=O)OC(C(=O)O)c1ccccc1F. The van der Waals surface area contributed by atoms with Crippen LogP contribution in [-0.4, -0.2) is 17.0 Å². The maximum atomic E-state index is 13.2.